The van der Waals surface area contributed by atoms with Crippen LogP contribution in [-0.2, 0) is 16.1 Å². The van der Waals surface area contributed by atoms with Crippen LogP contribution < -0.4 is 20.3 Å². The first-order chi connectivity index (χ1) is 17.1. The third kappa shape index (κ3) is 6.58. The van der Waals surface area contributed by atoms with Crippen molar-refractivity contribution in [3.8, 4) is 5.75 Å². The molecule has 35 heavy (non-hydrogen) atoms. The third-order valence-electron chi connectivity index (χ3n) is 6.22. The van der Waals surface area contributed by atoms with Crippen molar-refractivity contribution in [1.82, 2.24) is 20.5 Å². The zero-order chi connectivity index (χ0) is 24.5. The van der Waals surface area contributed by atoms with Gasteiger partial charge in [-0.15, -0.1) is 0 Å². The molecule has 2 heterocycles. The molecule has 1 atom stereocenters. The van der Waals surface area contributed by atoms with E-state index in [1.165, 1.54) is 0 Å². The smallest absolute Gasteiger partial charge is 0.309 e. The monoisotopic (exact) mass is 473 g/mol. The Morgan fingerprint density at radius 2 is 1.63 bits per heavy atom. The predicted molar refractivity (Wildman–Crippen MR) is 135 cm³/mol. The highest BCUT2D eigenvalue weighted by Gasteiger charge is 2.26. The van der Waals surface area contributed by atoms with Gasteiger partial charge in [-0.1, -0.05) is 36.4 Å². The minimum atomic E-state index is -0.636. The molecule has 182 valence electrons. The standard InChI is InChI=1S/C27H31N5O3/c1-35-24-11-9-23(10-12-24)31-14-16-32(17-15-31)25(22-8-5-13-28-19-22)20-30-27(34)26(33)29-18-21-6-3-2-4-7-21/h2-13,19,25H,14-18,20H2,1H3,(H,29,33)(H,30,34)/t25-/m1/s1. The van der Waals surface area contributed by atoms with E-state index in [9.17, 15) is 9.59 Å². The molecular weight excluding hydrogens is 442 g/mol. The van der Waals surface area contributed by atoms with E-state index in [4.69, 9.17) is 4.74 Å². The van der Waals surface area contributed by atoms with Gasteiger partial charge in [0.05, 0.1) is 13.2 Å². The summed E-state index contributed by atoms with van der Waals surface area (Å²) < 4.78 is 5.26. The van der Waals surface area contributed by atoms with Crippen LogP contribution in [0, 0.1) is 0 Å². The number of rotatable bonds is 8. The van der Waals surface area contributed by atoms with Crippen LogP contribution >= 0.6 is 0 Å². The second-order valence-electron chi connectivity index (χ2n) is 8.40. The summed E-state index contributed by atoms with van der Waals surface area (Å²) in [6.07, 6.45) is 3.56. The summed E-state index contributed by atoms with van der Waals surface area (Å²) in [4.78, 5) is 33.8. The van der Waals surface area contributed by atoms with Crippen LogP contribution in [0.2, 0.25) is 0 Å². The summed E-state index contributed by atoms with van der Waals surface area (Å²) >= 11 is 0. The molecule has 1 aliphatic rings. The van der Waals surface area contributed by atoms with Crippen molar-refractivity contribution >= 4 is 17.5 Å². The number of piperazine rings is 1. The van der Waals surface area contributed by atoms with Crippen LogP contribution in [0.4, 0.5) is 5.69 Å². The lowest BCUT2D eigenvalue weighted by Gasteiger charge is -2.40. The van der Waals surface area contributed by atoms with Crippen molar-refractivity contribution in [2.24, 2.45) is 0 Å². The van der Waals surface area contributed by atoms with Gasteiger partial charge < -0.3 is 20.3 Å². The van der Waals surface area contributed by atoms with Gasteiger partial charge in [0.1, 0.15) is 5.75 Å². The van der Waals surface area contributed by atoms with Crippen LogP contribution in [0.25, 0.3) is 0 Å². The van der Waals surface area contributed by atoms with E-state index in [-0.39, 0.29) is 6.04 Å². The molecule has 1 aromatic heterocycles. The molecule has 3 aromatic rings. The highest BCUT2D eigenvalue weighted by molar-refractivity contribution is 6.35. The topological polar surface area (TPSA) is 86.8 Å². The molecule has 0 spiro atoms. The van der Waals surface area contributed by atoms with Crippen molar-refractivity contribution < 1.29 is 14.3 Å². The number of nitrogens with one attached hydrogen (secondary N) is 2. The zero-order valence-corrected chi connectivity index (χ0v) is 19.9. The Kier molecular flexibility index (Phi) is 8.30. The van der Waals surface area contributed by atoms with Gasteiger partial charge in [0.25, 0.3) is 0 Å². The number of benzene rings is 2. The Labute approximate surface area is 205 Å². The normalized spacial score (nSPS) is 14.7. The molecular formula is C27H31N5O3. The number of anilines is 1. The Bertz CT molecular complexity index is 1080. The fourth-order valence-corrected chi connectivity index (χ4v) is 4.24. The molecule has 8 nitrogen and oxygen atoms in total. The SMILES string of the molecule is COc1ccc(N2CCN([C@H](CNC(=O)C(=O)NCc3ccccc3)c3cccnc3)CC2)cc1. The van der Waals surface area contributed by atoms with Crippen molar-refractivity contribution in [3.05, 3.63) is 90.3 Å². The van der Waals surface area contributed by atoms with E-state index in [0.717, 1.165) is 48.7 Å². The Balaban J connectivity index is 1.34. The number of carbonyl (C=O) groups is 2. The number of carbonyl (C=O) groups excluding carboxylic acids is 2. The molecule has 0 aliphatic carbocycles. The van der Waals surface area contributed by atoms with Gasteiger partial charge in [-0.3, -0.25) is 19.5 Å². The number of methoxy groups -OCH3 is 1. The lowest BCUT2D eigenvalue weighted by Crippen LogP contribution is -2.50. The molecule has 0 saturated carbocycles. The Hall–Kier alpha value is -3.91. The lowest BCUT2D eigenvalue weighted by atomic mass is 10.1. The van der Waals surface area contributed by atoms with Gasteiger partial charge in [0, 0.05) is 57.3 Å². The number of hydrogen-bond donors (Lipinski definition) is 2. The molecule has 4 rings (SSSR count). The first-order valence-corrected chi connectivity index (χ1v) is 11.8. The molecule has 2 amide bonds. The molecule has 1 aliphatic heterocycles. The van der Waals surface area contributed by atoms with E-state index in [2.05, 4.69) is 37.6 Å². The number of pyridine rings is 1. The highest BCUT2D eigenvalue weighted by Crippen LogP contribution is 2.25. The Morgan fingerprint density at radius 3 is 2.29 bits per heavy atom. The number of nitrogens with zero attached hydrogens (tertiary/aromatic N) is 3. The van der Waals surface area contributed by atoms with Crippen LogP contribution in [0.5, 0.6) is 5.75 Å². The van der Waals surface area contributed by atoms with Crippen LogP contribution in [0.3, 0.4) is 0 Å². The van der Waals surface area contributed by atoms with Gasteiger partial charge in [-0.2, -0.15) is 0 Å². The number of ether oxygens (including phenoxy) is 1. The molecule has 8 heteroatoms. The minimum Gasteiger partial charge on any atom is -0.497 e. The maximum atomic E-state index is 12.5. The molecule has 0 bridgehead atoms. The van der Waals surface area contributed by atoms with Crippen LogP contribution in [0.1, 0.15) is 17.2 Å². The summed E-state index contributed by atoms with van der Waals surface area (Å²) in [6, 6.07) is 21.4. The summed E-state index contributed by atoms with van der Waals surface area (Å²) in [5, 5.41) is 5.50. The fourth-order valence-electron chi connectivity index (χ4n) is 4.24. The van der Waals surface area contributed by atoms with Crippen molar-refractivity contribution in [3.63, 3.8) is 0 Å². The summed E-state index contributed by atoms with van der Waals surface area (Å²) in [6.45, 7) is 3.99. The predicted octanol–water partition coefficient (Wildman–Crippen LogP) is 2.39. The van der Waals surface area contributed by atoms with Crippen molar-refractivity contribution in [2.45, 2.75) is 12.6 Å². The maximum Gasteiger partial charge on any atom is 0.309 e. The second-order valence-corrected chi connectivity index (χ2v) is 8.40. The summed E-state index contributed by atoms with van der Waals surface area (Å²) in [5.41, 5.74) is 3.11. The number of aromatic nitrogens is 1. The van der Waals surface area contributed by atoms with Crippen LogP contribution in [-0.4, -0.2) is 61.5 Å². The fraction of sp³-hybridized carbons (Fsp3) is 0.296. The maximum absolute atomic E-state index is 12.5. The summed E-state index contributed by atoms with van der Waals surface area (Å²) in [7, 11) is 1.66. The van der Waals surface area contributed by atoms with E-state index >= 15 is 0 Å². The average molecular weight is 474 g/mol. The van der Waals surface area contributed by atoms with Gasteiger partial charge in [-0.25, -0.2) is 0 Å². The van der Waals surface area contributed by atoms with E-state index in [0.29, 0.717) is 13.1 Å². The van der Waals surface area contributed by atoms with E-state index in [1.807, 2.05) is 60.8 Å². The van der Waals surface area contributed by atoms with Gasteiger partial charge >= 0.3 is 11.8 Å². The first kappa shape index (κ1) is 24.2. The minimum absolute atomic E-state index is 0.0763. The van der Waals surface area contributed by atoms with Gasteiger partial charge in [0.15, 0.2) is 0 Å². The van der Waals surface area contributed by atoms with Gasteiger partial charge in [-0.05, 0) is 41.5 Å². The molecule has 1 saturated heterocycles. The average Bonchev–Trinajstić information content (AvgIpc) is 2.93. The quantitative estimate of drug-likeness (QED) is 0.489. The molecule has 2 N–H and O–H groups in total. The highest BCUT2D eigenvalue weighted by atomic mass is 16.5. The largest absolute Gasteiger partial charge is 0.497 e. The van der Waals surface area contributed by atoms with E-state index < -0.39 is 11.8 Å². The van der Waals surface area contributed by atoms with Crippen LogP contribution in [0.15, 0.2) is 79.1 Å². The number of amides is 2. The number of hydrogen-bond acceptors (Lipinski definition) is 6. The zero-order valence-electron chi connectivity index (χ0n) is 19.9. The first-order valence-electron chi connectivity index (χ1n) is 11.8. The van der Waals surface area contributed by atoms with Crippen molar-refractivity contribution in [1.29, 1.82) is 0 Å². The van der Waals surface area contributed by atoms with E-state index in [1.54, 1.807) is 13.3 Å². The van der Waals surface area contributed by atoms with Crippen molar-refractivity contribution in [2.75, 3.05) is 44.7 Å². The van der Waals surface area contributed by atoms with Gasteiger partial charge in [0.2, 0.25) is 0 Å². The molecule has 0 unspecified atom stereocenters. The Morgan fingerprint density at radius 1 is 0.914 bits per heavy atom. The molecule has 1 fully saturated rings. The molecule has 0 radical (unpaired) electrons. The second kappa shape index (κ2) is 12.0. The summed E-state index contributed by atoms with van der Waals surface area (Å²) in [5.74, 6) is -0.428. The molecule has 2 aromatic carbocycles. The lowest BCUT2D eigenvalue weighted by molar-refractivity contribution is -0.139. The third-order valence-corrected chi connectivity index (χ3v) is 6.22.